The first-order valence-electron chi connectivity index (χ1n) is 9.63. The number of aliphatic hydroxyl groups excluding tert-OH is 2. The molecule has 0 aromatic rings. The largest absolute Gasteiger partial charge is 0.389 e. The lowest BCUT2D eigenvalue weighted by atomic mass is 10.3. The molecule has 0 saturated heterocycles. The highest BCUT2D eigenvalue weighted by Gasteiger charge is 2.05. The number of ether oxygens (including phenoxy) is 2. The molecule has 0 heterocycles. The van der Waals surface area contributed by atoms with Crippen molar-refractivity contribution in [2.24, 2.45) is 0 Å². The number of aliphatic hydroxyl groups is 2. The van der Waals surface area contributed by atoms with E-state index in [4.69, 9.17) is 9.47 Å². The van der Waals surface area contributed by atoms with Crippen molar-refractivity contribution in [2.45, 2.75) is 64.6 Å². The number of nitrogens with one attached hydrogen (secondary N) is 2. The maximum Gasteiger partial charge on any atom is 0.0897 e. The van der Waals surface area contributed by atoms with Crippen LogP contribution in [0.2, 0.25) is 0 Å². The van der Waals surface area contributed by atoms with Gasteiger partial charge in [-0.05, 0) is 12.8 Å². The predicted molar refractivity (Wildman–Crippen MR) is 98.4 cm³/mol. The monoisotopic (exact) mass is 348 g/mol. The molecule has 0 aliphatic rings. The average Bonchev–Trinajstić information content (AvgIpc) is 2.57. The van der Waals surface area contributed by atoms with Crippen LogP contribution in [0, 0.1) is 0 Å². The van der Waals surface area contributed by atoms with Crippen LogP contribution in [-0.4, -0.2) is 75.0 Å². The smallest absolute Gasteiger partial charge is 0.0897 e. The minimum Gasteiger partial charge on any atom is -0.389 e. The van der Waals surface area contributed by atoms with E-state index in [1.54, 1.807) is 0 Å². The first-order chi connectivity index (χ1) is 11.7. The van der Waals surface area contributed by atoms with E-state index in [-0.39, 0.29) is 0 Å². The molecule has 0 bridgehead atoms. The summed E-state index contributed by atoms with van der Waals surface area (Å²) in [6.07, 6.45) is 5.91. The highest BCUT2D eigenvalue weighted by atomic mass is 16.5. The number of hydrogen-bond acceptors (Lipinski definition) is 6. The van der Waals surface area contributed by atoms with Crippen molar-refractivity contribution in [2.75, 3.05) is 52.6 Å². The fourth-order valence-electron chi connectivity index (χ4n) is 2.18. The summed E-state index contributed by atoms with van der Waals surface area (Å²) >= 11 is 0. The molecule has 0 unspecified atom stereocenters. The van der Waals surface area contributed by atoms with Gasteiger partial charge >= 0.3 is 0 Å². The maximum atomic E-state index is 9.74. The number of unbranched alkanes of at least 4 members (excludes halogenated alkanes) is 4. The van der Waals surface area contributed by atoms with Crippen molar-refractivity contribution in [1.82, 2.24) is 10.6 Å². The Morgan fingerprint density at radius 1 is 0.708 bits per heavy atom. The Balaban J connectivity index is 3.25. The van der Waals surface area contributed by atoms with Crippen molar-refractivity contribution < 1.29 is 19.7 Å². The summed E-state index contributed by atoms with van der Waals surface area (Å²) in [6, 6.07) is 0. The third-order valence-corrected chi connectivity index (χ3v) is 3.64. The molecule has 0 aliphatic heterocycles. The average molecular weight is 349 g/mol. The van der Waals surface area contributed by atoms with Crippen LogP contribution in [0.1, 0.15) is 52.4 Å². The van der Waals surface area contributed by atoms with Crippen LogP contribution in [0.5, 0.6) is 0 Å². The Morgan fingerprint density at radius 3 is 1.50 bits per heavy atom. The van der Waals surface area contributed by atoms with Crippen LogP contribution in [0.15, 0.2) is 0 Å². The molecular formula is C18H40N2O4. The highest BCUT2D eigenvalue weighted by molar-refractivity contribution is 4.62. The van der Waals surface area contributed by atoms with Crippen LogP contribution < -0.4 is 10.6 Å². The molecule has 0 saturated carbocycles. The minimum absolute atomic E-state index is 0.387. The summed E-state index contributed by atoms with van der Waals surface area (Å²) in [7, 11) is 0. The lowest BCUT2D eigenvalue weighted by Crippen LogP contribution is -2.37. The van der Waals surface area contributed by atoms with Crippen molar-refractivity contribution in [3.63, 3.8) is 0 Å². The SMILES string of the molecule is CCCCCOC[C@H](O)CNCCNC[C@H](O)COCCCCC. The second-order valence-corrected chi connectivity index (χ2v) is 6.28. The molecule has 0 aliphatic carbocycles. The van der Waals surface area contributed by atoms with E-state index >= 15 is 0 Å². The molecule has 0 spiro atoms. The van der Waals surface area contributed by atoms with Gasteiger partial charge in [0, 0.05) is 39.4 Å². The molecule has 0 amide bonds. The second-order valence-electron chi connectivity index (χ2n) is 6.28. The van der Waals surface area contributed by atoms with E-state index in [0.717, 1.165) is 39.1 Å². The molecule has 0 fully saturated rings. The molecule has 6 nitrogen and oxygen atoms in total. The molecule has 146 valence electrons. The molecule has 0 radical (unpaired) electrons. The topological polar surface area (TPSA) is 83.0 Å². The molecule has 2 atom stereocenters. The Hall–Kier alpha value is -0.240. The number of hydrogen-bond donors (Lipinski definition) is 4. The summed E-state index contributed by atoms with van der Waals surface area (Å²) in [5.74, 6) is 0. The summed E-state index contributed by atoms with van der Waals surface area (Å²) < 4.78 is 10.8. The Labute approximate surface area is 148 Å². The molecular weight excluding hydrogens is 308 g/mol. The predicted octanol–water partition coefficient (Wildman–Crippen LogP) is 1.30. The summed E-state index contributed by atoms with van der Waals surface area (Å²) in [4.78, 5) is 0. The Bertz CT molecular complexity index is 221. The van der Waals surface area contributed by atoms with Crippen molar-refractivity contribution in [3.05, 3.63) is 0 Å². The van der Waals surface area contributed by atoms with Gasteiger partial charge < -0.3 is 30.3 Å². The van der Waals surface area contributed by atoms with E-state index in [1.165, 1.54) is 25.7 Å². The van der Waals surface area contributed by atoms with E-state index in [2.05, 4.69) is 24.5 Å². The normalized spacial score (nSPS) is 14.0. The van der Waals surface area contributed by atoms with E-state index in [0.29, 0.717) is 26.3 Å². The highest BCUT2D eigenvalue weighted by Crippen LogP contribution is 1.95. The Kier molecular flexibility index (Phi) is 18.9. The van der Waals surface area contributed by atoms with Crippen LogP contribution >= 0.6 is 0 Å². The quantitative estimate of drug-likeness (QED) is 0.263. The van der Waals surface area contributed by atoms with E-state index in [9.17, 15) is 10.2 Å². The summed E-state index contributed by atoms with van der Waals surface area (Å²) in [5, 5.41) is 25.8. The van der Waals surface area contributed by atoms with E-state index < -0.39 is 12.2 Å². The van der Waals surface area contributed by atoms with Gasteiger partial charge in [0.25, 0.3) is 0 Å². The third kappa shape index (κ3) is 18.1. The van der Waals surface area contributed by atoms with Crippen LogP contribution in [0.3, 0.4) is 0 Å². The van der Waals surface area contributed by atoms with Crippen LogP contribution in [-0.2, 0) is 9.47 Å². The molecule has 0 aromatic carbocycles. The zero-order valence-electron chi connectivity index (χ0n) is 15.8. The van der Waals surface area contributed by atoms with E-state index in [1.807, 2.05) is 0 Å². The van der Waals surface area contributed by atoms with Crippen molar-refractivity contribution in [3.8, 4) is 0 Å². The van der Waals surface area contributed by atoms with Gasteiger partial charge in [0.05, 0.1) is 25.4 Å². The number of rotatable bonds is 19. The molecule has 4 N–H and O–H groups in total. The van der Waals surface area contributed by atoms with Gasteiger partial charge in [0.15, 0.2) is 0 Å². The van der Waals surface area contributed by atoms with Gasteiger partial charge in [-0.25, -0.2) is 0 Å². The van der Waals surface area contributed by atoms with Gasteiger partial charge in [-0.3, -0.25) is 0 Å². The minimum atomic E-state index is -0.464. The fraction of sp³-hybridized carbons (Fsp3) is 1.00. The third-order valence-electron chi connectivity index (χ3n) is 3.64. The first kappa shape index (κ1) is 23.8. The zero-order valence-corrected chi connectivity index (χ0v) is 15.8. The zero-order chi connectivity index (χ0) is 17.9. The first-order valence-corrected chi connectivity index (χ1v) is 9.63. The molecule has 24 heavy (non-hydrogen) atoms. The second kappa shape index (κ2) is 19.1. The standard InChI is InChI=1S/C18H40N2O4/c1-3-5-7-11-23-15-17(21)13-19-9-10-20-14-18(22)16-24-12-8-6-4-2/h17-22H,3-16H2,1-2H3/t17-,18+. The molecule has 0 rings (SSSR count). The van der Waals surface area contributed by atoms with Crippen molar-refractivity contribution in [1.29, 1.82) is 0 Å². The lowest BCUT2D eigenvalue weighted by molar-refractivity contribution is 0.0340. The maximum absolute atomic E-state index is 9.74. The molecule has 6 heteroatoms. The fourth-order valence-corrected chi connectivity index (χ4v) is 2.18. The summed E-state index contributed by atoms with van der Waals surface area (Å²) in [5.41, 5.74) is 0. The summed E-state index contributed by atoms with van der Waals surface area (Å²) in [6.45, 7) is 9.09. The van der Waals surface area contributed by atoms with Gasteiger partial charge in [-0.1, -0.05) is 39.5 Å². The van der Waals surface area contributed by atoms with Crippen LogP contribution in [0.4, 0.5) is 0 Å². The van der Waals surface area contributed by atoms with Gasteiger partial charge in [-0.15, -0.1) is 0 Å². The van der Waals surface area contributed by atoms with Crippen LogP contribution in [0.25, 0.3) is 0 Å². The van der Waals surface area contributed by atoms with Gasteiger partial charge in [0.1, 0.15) is 0 Å². The van der Waals surface area contributed by atoms with Crippen molar-refractivity contribution >= 4 is 0 Å². The Morgan fingerprint density at radius 2 is 1.12 bits per heavy atom. The molecule has 0 aromatic heterocycles. The van der Waals surface area contributed by atoms with Gasteiger partial charge in [0.2, 0.25) is 0 Å². The lowest BCUT2D eigenvalue weighted by Gasteiger charge is -2.14. The van der Waals surface area contributed by atoms with Gasteiger partial charge in [-0.2, -0.15) is 0 Å².